The van der Waals surface area contributed by atoms with Gasteiger partial charge in [-0.15, -0.1) is 0 Å². The zero-order valence-corrected chi connectivity index (χ0v) is 62.4. The number of hydrogen-bond donors (Lipinski definition) is 0. The van der Waals surface area contributed by atoms with Gasteiger partial charge in [-0.2, -0.15) is 5.26 Å². The van der Waals surface area contributed by atoms with E-state index in [1.807, 2.05) is 72.8 Å². The molecule has 538 valence electrons. The lowest BCUT2D eigenvalue weighted by Crippen LogP contribution is -2.02. The van der Waals surface area contributed by atoms with E-state index in [-0.39, 0.29) is 0 Å². The van der Waals surface area contributed by atoms with Crippen molar-refractivity contribution in [2.75, 3.05) is 0 Å². The molecule has 0 bridgehead atoms. The lowest BCUT2D eigenvalue weighted by Gasteiger charge is -2.19. The van der Waals surface area contributed by atoms with Crippen LogP contribution in [-0.2, 0) is 0 Å². The number of aromatic nitrogens is 8. The number of rotatable bonds is 13. The van der Waals surface area contributed by atoms with Crippen LogP contribution in [0.25, 0.3) is 216 Å². The molecule has 0 aliphatic carbocycles. The van der Waals surface area contributed by atoms with E-state index in [0.29, 0.717) is 22.9 Å². The summed E-state index contributed by atoms with van der Waals surface area (Å²) in [5.41, 5.74) is 27.6. The summed E-state index contributed by atoms with van der Waals surface area (Å²) in [5, 5.41) is 19.9. The van der Waals surface area contributed by atoms with Gasteiger partial charge >= 0.3 is 0 Å². The minimum absolute atomic E-state index is 0.471. The van der Waals surface area contributed by atoms with Gasteiger partial charge in [0.25, 0.3) is 0 Å². The molecular formula is C106H64N10. The number of hydrogen-bond acceptors (Lipinski definition) is 5. The average molecular weight is 1480 g/mol. The third-order valence-corrected chi connectivity index (χ3v) is 22.8. The molecule has 0 saturated carbocycles. The quantitative estimate of drug-likeness (QED) is 0.107. The first-order chi connectivity index (χ1) is 57.4. The minimum atomic E-state index is 0.471. The van der Waals surface area contributed by atoms with Gasteiger partial charge in [-0.3, -0.25) is 0 Å². The minimum Gasteiger partial charge on any atom is -0.309 e. The van der Waals surface area contributed by atoms with E-state index in [2.05, 4.69) is 345 Å². The highest BCUT2D eigenvalue weighted by molar-refractivity contribution is 6.15. The van der Waals surface area contributed by atoms with Crippen molar-refractivity contribution in [3.8, 4) is 130 Å². The Morgan fingerprint density at radius 3 is 0.922 bits per heavy atom. The zero-order valence-electron chi connectivity index (χ0n) is 62.4. The number of benzene rings is 16. The highest BCUT2D eigenvalue weighted by atomic mass is 15.0. The Bertz CT molecular complexity index is 7160. The molecule has 10 heteroatoms. The van der Waals surface area contributed by atoms with Crippen molar-refractivity contribution in [3.63, 3.8) is 0 Å². The molecule has 22 rings (SSSR count). The monoisotopic (exact) mass is 1480 g/mol. The third-order valence-electron chi connectivity index (χ3n) is 22.8. The maximum Gasteiger partial charge on any atom is 0.188 e. The van der Waals surface area contributed by atoms with Crippen LogP contribution in [0.1, 0.15) is 5.56 Å². The molecule has 0 radical (unpaired) electrons. The summed E-state index contributed by atoms with van der Waals surface area (Å²) < 4.78 is 9.44. The molecule has 16 aromatic carbocycles. The van der Waals surface area contributed by atoms with E-state index in [1.54, 1.807) is 0 Å². The molecule has 0 spiro atoms. The van der Waals surface area contributed by atoms with Crippen LogP contribution in [0.4, 0.5) is 5.69 Å². The zero-order chi connectivity index (χ0) is 76.9. The third kappa shape index (κ3) is 11.2. The van der Waals surface area contributed by atoms with Gasteiger partial charge in [0.05, 0.1) is 96.5 Å². The van der Waals surface area contributed by atoms with E-state index < -0.39 is 0 Å². The van der Waals surface area contributed by atoms with Crippen molar-refractivity contribution in [2.24, 2.45) is 0 Å². The summed E-state index contributed by atoms with van der Waals surface area (Å²) in [6, 6.07) is 139. The largest absolute Gasteiger partial charge is 0.309 e. The second-order valence-corrected chi connectivity index (χ2v) is 29.5. The smallest absolute Gasteiger partial charge is 0.188 e. The van der Waals surface area contributed by atoms with Crippen LogP contribution in [0.2, 0.25) is 0 Å². The average Bonchev–Trinajstić information content (AvgIpc) is 1.58. The van der Waals surface area contributed by atoms with Crippen molar-refractivity contribution < 1.29 is 0 Å². The van der Waals surface area contributed by atoms with Crippen molar-refractivity contribution in [2.45, 2.75) is 0 Å². The molecule has 0 amide bonds. The van der Waals surface area contributed by atoms with E-state index >= 15 is 0 Å². The van der Waals surface area contributed by atoms with Crippen LogP contribution in [-0.4, -0.2) is 38.2 Å². The molecule has 0 N–H and O–H groups in total. The Morgan fingerprint density at radius 2 is 0.543 bits per heavy atom. The van der Waals surface area contributed by atoms with Gasteiger partial charge in [-0.1, -0.05) is 249 Å². The number of nitrogens with zero attached hydrogens (tertiary/aromatic N) is 10. The summed E-state index contributed by atoms with van der Waals surface area (Å²) in [6.07, 6.45) is 0. The molecule has 6 heterocycles. The van der Waals surface area contributed by atoms with Crippen LogP contribution >= 0.6 is 0 Å². The molecule has 0 aliphatic rings. The van der Waals surface area contributed by atoms with Crippen molar-refractivity contribution in [1.29, 1.82) is 5.26 Å². The Labute approximate surface area is 667 Å². The lowest BCUT2D eigenvalue weighted by atomic mass is 9.97. The summed E-state index contributed by atoms with van der Waals surface area (Å²) in [4.78, 5) is 25.4. The van der Waals surface area contributed by atoms with Crippen molar-refractivity contribution in [3.05, 3.63) is 405 Å². The fourth-order valence-corrected chi connectivity index (χ4v) is 17.5. The fourth-order valence-electron chi connectivity index (χ4n) is 17.5. The predicted molar refractivity (Wildman–Crippen MR) is 475 cm³/mol. The molecule has 10 nitrogen and oxygen atoms in total. The maximum absolute atomic E-state index is 11.0. The van der Waals surface area contributed by atoms with Gasteiger partial charge in [0, 0.05) is 93.4 Å². The Morgan fingerprint density at radius 1 is 0.233 bits per heavy atom. The van der Waals surface area contributed by atoms with E-state index in [0.717, 1.165) is 178 Å². The molecule has 0 saturated heterocycles. The highest BCUT2D eigenvalue weighted by Crippen LogP contribution is 2.47. The molecule has 0 fully saturated rings. The van der Waals surface area contributed by atoms with Crippen LogP contribution in [0.5, 0.6) is 0 Å². The normalized spacial score (nSPS) is 11.6. The van der Waals surface area contributed by atoms with Crippen LogP contribution < -0.4 is 0 Å². The summed E-state index contributed by atoms with van der Waals surface area (Å²) >= 11 is 0. The van der Waals surface area contributed by atoms with E-state index in [1.165, 1.54) is 21.5 Å². The van der Waals surface area contributed by atoms with Crippen molar-refractivity contribution in [1.82, 2.24) is 38.2 Å². The summed E-state index contributed by atoms with van der Waals surface area (Å²) in [6.45, 7) is 8.63. The van der Waals surface area contributed by atoms with Crippen LogP contribution in [0.3, 0.4) is 0 Å². The molecule has 0 aliphatic heterocycles. The van der Waals surface area contributed by atoms with Gasteiger partial charge in [0.15, 0.2) is 17.3 Å². The lowest BCUT2D eigenvalue weighted by molar-refractivity contribution is 1.16. The topological polar surface area (TPSA) is 99.4 Å². The molecule has 116 heavy (non-hydrogen) atoms. The Kier molecular flexibility index (Phi) is 15.8. The van der Waals surface area contributed by atoms with Crippen molar-refractivity contribution >= 4 is 92.9 Å². The summed E-state index contributed by atoms with van der Waals surface area (Å²) in [5.74, 6) is 1.28. The second kappa shape index (κ2) is 27.4. The SMILES string of the molecule is [C-]#[N+]c1ccc(-n2c3ccccc3c3cc(-c4cc(-c5cc(-c6ccccc6)nc(-c6ccccc6)n5)cc(-n5c6ccccc6c6ccccc65)c4)ccc32)c(-c2cc(C#N)ccc2-n2c3ccccc3c3cc(-c4cc(-c5cc(-c6ccccc6)nc(-c6ccccc6)n5)cc(-n5c6ccccc6c6ccccc65)c4)ccc32)c1. The number of fused-ring (bicyclic) bond motifs is 12. The fraction of sp³-hybridized carbons (Fsp3) is 0. The standard InChI is InChI=1S/C106H64N10/c1-108-78-49-53-104(116-100-45-25-19-39-86(100)89-62-73(48-52-103(89)116)75-56-77(60-80(58-75)114-97-42-22-16-36-83(97)84-37-17-23-43-98(84)114)94-65-92(69-28-8-3-9-29-69)110-106(112-94)71-32-12-5-13-33-71)90(63-78)87-54-67(66-107)46-50-101(87)115-99-44-24-18-38-85(99)88-61-72(47-51-102(88)115)74-55-76(59-79(57-74)113-95-40-20-14-34-81(95)82-35-15-21-41-96(82)113)93-64-91(68-26-6-2-7-27-68)109-105(111-93)70-30-10-4-11-31-70/h2-65H. The number of nitriles is 1. The first-order valence-electron chi connectivity index (χ1n) is 38.8. The highest BCUT2D eigenvalue weighted by Gasteiger charge is 2.26. The Balaban J connectivity index is 0.718. The molecule has 6 aromatic heterocycles. The number of para-hydroxylation sites is 6. The molecule has 0 unspecified atom stereocenters. The predicted octanol–water partition coefficient (Wildman–Crippen LogP) is 27.1. The van der Waals surface area contributed by atoms with Crippen LogP contribution in [0.15, 0.2) is 388 Å². The maximum atomic E-state index is 11.0. The Hall–Kier alpha value is -16.1. The van der Waals surface area contributed by atoms with Gasteiger partial charge in [-0.25, -0.2) is 24.8 Å². The van der Waals surface area contributed by atoms with E-state index in [9.17, 15) is 5.26 Å². The second-order valence-electron chi connectivity index (χ2n) is 29.5. The summed E-state index contributed by atoms with van der Waals surface area (Å²) in [7, 11) is 0. The van der Waals surface area contributed by atoms with Crippen LogP contribution in [0, 0.1) is 17.9 Å². The molecular weight excluding hydrogens is 1410 g/mol. The van der Waals surface area contributed by atoms with E-state index in [4.69, 9.17) is 26.5 Å². The van der Waals surface area contributed by atoms with Gasteiger partial charge < -0.3 is 18.3 Å². The first kappa shape index (κ1) is 66.8. The van der Waals surface area contributed by atoms with Gasteiger partial charge in [0.2, 0.25) is 0 Å². The molecule has 22 aromatic rings. The van der Waals surface area contributed by atoms with Gasteiger partial charge in [-0.05, 0) is 167 Å². The molecule has 0 atom stereocenters. The van der Waals surface area contributed by atoms with Gasteiger partial charge in [0.1, 0.15) is 0 Å². The first-order valence-corrected chi connectivity index (χ1v) is 38.8.